The Bertz CT molecular complexity index is 666. The number of rotatable bonds is 5. The van der Waals surface area contributed by atoms with Crippen LogP contribution in [-0.4, -0.2) is 43.5 Å². The second-order valence-corrected chi connectivity index (χ2v) is 7.05. The quantitative estimate of drug-likeness (QED) is 0.667. The van der Waals surface area contributed by atoms with Crippen LogP contribution in [0.15, 0.2) is 6.33 Å². The lowest BCUT2D eigenvalue weighted by Crippen LogP contribution is -2.17. The molecule has 0 saturated carbocycles. The van der Waals surface area contributed by atoms with Gasteiger partial charge in [0, 0.05) is 6.66 Å². The van der Waals surface area contributed by atoms with Gasteiger partial charge in [0.25, 0.3) is 0 Å². The fraction of sp³-hybridized carbons (Fsp3) is 0.500. The first-order valence-corrected chi connectivity index (χ1v) is 8.20. The second kappa shape index (κ2) is 5.35. The molecule has 0 radical (unpaired) electrons. The fourth-order valence-corrected chi connectivity index (χ4v) is 2.24. The zero-order valence-corrected chi connectivity index (χ0v) is 12.1. The Balaban J connectivity index is 2.16. The van der Waals surface area contributed by atoms with Gasteiger partial charge in [0.15, 0.2) is 11.5 Å². The number of hydrogen-bond donors (Lipinski definition) is 3. The number of nitrogens with zero attached hydrogens (tertiary/aromatic N) is 4. The number of nitrogens with two attached hydrogens (primary N) is 2. The Hall–Kier alpha value is -1.70. The summed E-state index contributed by atoms with van der Waals surface area (Å²) >= 11 is 0. The smallest absolute Gasteiger partial charge is 0.224 e. The van der Waals surface area contributed by atoms with Gasteiger partial charge >= 0.3 is 0 Å². The van der Waals surface area contributed by atoms with Gasteiger partial charge in [0.2, 0.25) is 13.3 Å². The minimum absolute atomic E-state index is 0.0683. The van der Waals surface area contributed by atoms with Crippen LogP contribution >= 0.6 is 7.37 Å². The normalized spacial score (nSPS) is 16.1. The van der Waals surface area contributed by atoms with Crippen molar-refractivity contribution in [3.63, 3.8) is 0 Å². The van der Waals surface area contributed by atoms with Crippen LogP contribution in [0.5, 0.6) is 0 Å². The molecule has 5 N–H and O–H groups in total. The van der Waals surface area contributed by atoms with Gasteiger partial charge < -0.3 is 25.7 Å². The molecule has 10 heteroatoms. The van der Waals surface area contributed by atoms with Gasteiger partial charge in [-0.05, 0) is 6.92 Å². The predicted molar refractivity (Wildman–Crippen MR) is 75.3 cm³/mol. The van der Waals surface area contributed by atoms with Gasteiger partial charge in [-0.15, -0.1) is 0 Å². The van der Waals surface area contributed by atoms with Crippen LogP contribution in [-0.2, 0) is 15.8 Å². The molecule has 0 bridgehead atoms. The van der Waals surface area contributed by atoms with Gasteiger partial charge in [-0.1, -0.05) is 0 Å². The van der Waals surface area contributed by atoms with Gasteiger partial charge in [-0.25, -0.2) is 4.98 Å². The minimum Gasteiger partial charge on any atom is -0.382 e. The lowest BCUT2D eigenvalue weighted by molar-refractivity contribution is 0.0830. The van der Waals surface area contributed by atoms with E-state index in [1.165, 1.54) is 6.66 Å². The number of ether oxygens (including phenoxy) is 1. The standard InChI is InChI=1S/C10H17N6O3P/c1-6(19-5-20(2,17)18)3-16-4-13-7-8(11)14-10(12)15-9(7)16/h4,6H,3,5H2,1-2H3,(H,17,18)(H4,11,12,14,15)/t6-/m1/s1. The van der Waals surface area contributed by atoms with E-state index >= 15 is 0 Å². The molecule has 0 saturated heterocycles. The second-order valence-electron chi connectivity index (χ2n) is 4.69. The molecule has 0 spiro atoms. The number of fused-ring (bicyclic) bond motifs is 1. The first-order chi connectivity index (χ1) is 9.26. The lowest BCUT2D eigenvalue weighted by atomic mass is 10.4. The van der Waals surface area contributed by atoms with Crippen molar-refractivity contribution in [1.29, 1.82) is 0 Å². The minimum atomic E-state index is -3.19. The van der Waals surface area contributed by atoms with E-state index in [0.717, 1.165) is 0 Å². The molecule has 0 aliphatic carbocycles. The Labute approximate surface area is 115 Å². The van der Waals surface area contributed by atoms with Crippen molar-refractivity contribution in [3.8, 4) is 0 Å². The topological polar surface area (TPSA) is 142 Å². The molecule has 2 rings (SSSR count). The third-order valence-corrected chi connectivity index (χ3v) is 3.19. The van der Waals surface area contributed by atoms with E-state index in [0.29, 0.717) is 17.7 Å². The summed E-state index contributed by atoms with van der Waals surface area (Å²) in [7, 11) is -3.19. The molecule has 1 unspecified atom stereocenters. The van der Waals surface area contributed by atoms with E-state index in [9.17, 15) is 9.46 Å². The first-order valence-electron chi connectivity index (χ1n) is 5.91. The van der Waals surface area contributed by atoms with Crippen molar-refractivity contribution in [1.82, 2.24) is 19.5 Å². The highest BCUT2D eigenvalue weighted by Crippen LogP contribution is 2.35. The van der Waals surface area contributed by atoms with E-state index in [2.05, 4.69) is 15.0 Å². The Morgan fingerprint density at radius 3 is 2.85 bits per heavy atom. The highest BCUT2D eigenvalue weighted by atomic mass is 31.2. The highest BCUT2D eigenvalue weighted by molar-refractivity contribution is 7.56. The van der Waals surface area contributed by atoms with Crippen molar-refractivity contribution in [2.75, 3.05) is 24.5 Å². The molecule has 0 aliphatic rings. The van der Waals surface area contributed by atoms with Crippen LogP contribution in [0.3, 0.4) is 0 Å². The molecule has 2 aromatic rings. The zero-order chi connectivity index (χ0) is 14.9. The maximum absolute atomic E-state index is 11.2. The number of anilines is 2. The first kappa shape index (κ1) is 14.7. The van der Waals surface area contributed by atoms with E-state index in [-0.39, 0.29) is 24.2 Å². The van der Waals surface area contributed by atoms with Gasteiger partial charge in [0.1, 0.15) is 11.9 Å². The Kier molecular flexibility index (Phi) is 3.94. The van der Waals surface area contributed by atoms with Crippen LogP contribution in [0.4, 0.5) is 11.8 Å². The number of nitrogen functional groups attached to an aromatic ring is 2. The molecule has 0 fully saturated rings. The molecule has 9 nitrogen and oxygen atoms in total. The zero-order valence-electron chi connectivity index (χ0n) is 11.2. The highest BCUT2D eigenvalue weighted by Gasteiger charge is 2.15. The van der Waals surface area contributed by atoms with Crippen LogP contribution in [0.25, 0.3) is 11.2 Å². The monoisotopic (exact) mass is 300 g/mol. The number of aromatic nitrogens is 4. The SMILES string of the molecule is C[C@H](Cn1cnc2c(N)nc(N)nc21)OCP(C)(=O)O. The summed E-state index contributed by atoms with van der Waals surface area (Å²) in [5.74, 6) is 0.284. The van der Waals surface area contributed by atoms with E-state index in [1.807, 2.05) is 0 Å². The summed E-state index contributed by atoms with van der Waals surface area (Å²) in [5.41, 5.74) is 12.2. The molecule has 0 aliphatic heterocycles. The van der Waals surface area contributed by atoms with Gasteiger partial charge in [-0.2, -0.15) is 9.97 Å². The molecule has 2 atom stereocenters. The largest absolute Gasteiger partial charge is 0.382 e. The molecule has 2 heterocycles. The van der Waals surface area contributed by atoms with Crippen molar-refractivity contribution in [2.45, 2.75) is 19.6 Å². The summed E-state index contributed by atoms with van der Waals surface area (Å²) in [5, 5.41) is 0. The summed E-state index contributed by atoms with van der Waals surface area (Å²) in [4.78, 5) is 21.2. The molecule has 0 aromatic carbocycles. The predicted octanol–water partition coefficient (Wildman–Crippen LogP) is 0.254. The maximum Gasteiger partial charge on any atom is 0.224 e. The lowest BCUT2D eigenvalue weighted by Gasteiger charge is -2.15. The third-order valence-electron chi connectivity index (χ3n) is 2.56. The van der Waals surface area contributed by atoms with E-state index in [1.54, 1.807) is 17.8 Å². The average Bonchev–Trinajstić information content (AvgIpc) is 2.69. The van der Waals surface area contributed by atoms with Crippen molar-refractivity contribution < 1.29 is 14.2 Å². The fourth-order valence-electron chi connectivity index (χ4n) is 1.71. The van der Waals surface area contributed by atoms with Crippen molar-refractivity contribution >= 4 is 30.3 Å². The Morgan fingerprint density at radius 1 is 1.50 bits per heavy atom. The van der Waals surface area contributed by atoms with E-state index < -0.39 is 7.37 Å². The Morgan fingerprint density at radius 2 is 2.20 bits per heavy atom. The number of hydrogen-bond acceptors (Lipinski definition) is 7. The molecule has 0 amide bonds. The van der Waals surface area contributed by atoms with E-state index in [4.69, 9.17) is 16.2 Å². The van der Waals surface area contributed by atoms with Gasteiger partial charge in [0.05, 0.1) is 19.0 Å². The maximum atomic E-state index is 11.2. The summed E-state index contributed by atoms with van der Waals surface area (Å²) < 4.78 is 18.2. The molecular formula is C10H17N6O3P. The summed E-state index contributed by atoms with van der Waals surface area (Å²) in [6.45, 7) is 3.45. The van der Waals surface area contributed by atoms with Crippen LogP contribution < -0.4 is 11.5 Å². The summed E-state index contributed by atoms with van der Waals surface area (Å²) in [6, 6.07) is 0. The van der Waals surface area contributed by atoms with Crippen molar-refractivity contribution in [3.05, 3.63) is 6.33 Å². The average molecular weight is 300 g/mol. The van der Waals surface area contributed by atoms with Crippen LogP contribution in [0, 0.1) is 0 Å². The molecular weight excluding hydrogens is 283 g/mol. The van der Waals surface area contributed by atoms with Gasteiger partial charge in [-0.3, -0.25) is 4.57 Å². The van der Waals surface area contributed by atoms with Crippen LogP contribution in [0.2, 0.25) is 0 Å². The third kappa shape index (κ3) is 3.44. The molecule has 110 valence electrons. The van der Waals surface area contributed by atoms with Crippen molar-refractivity contribution in [2.24, 2.45) is 0 Å². The molecule has 2 aromatic heterocycles. The molecule has 20 heavy (non-hydrogen) atoms. The number of imidazole rings is 1. The van der Waals surface area contributed by atoms with Crippen LogP contribution in [0.1, 0.15) is 6.92 Å². The summed E-state index contributed by atoms with van der Waals surface area (Å²) in [6.07, 6.45) is 1.07.